The smallest absolute Gasteiger partial charge is 0.320 e. The van der Waals surface area contributed by atoms with Gasteiger partial charge in [0.2, 0.25) is 0 Å². The number of carbonyl (C=O) groups is 1. The standard InChI is InChI=1S/C5H9NO2.CHNO/c7-5(8)4-2-1-3-6-4;2-1-3/h4,6H,1-3H2,(H,7,8);3H/t4-;/m0./s1. The van der Waals surface area contributed by atoms with Gasteiger partial charge in [-0.25, -0.2) is 0 Å². The molecule has 0 bridgehead atoms. The third kappa shape index (κ3) is 4.17. The Morgan fingerprint density at radius 1 is 1.73 bits per heavy atom. The minimum absolute atomic E-state index is 0.269. The minimum atomic E-state index is -0.720. The Labute approximate surface area is 64.3 Å². The van der Waals surface area contributed by atoms with E-state index in [1.165, 1.54) is 0 Å². The number of nitrogens with zero attached hydrogens (tertiary/aromatic N) is 1. The lowest BCUT2D eigenvalue weighted by Gasteiger charge is -1.99. The van der Waals surface area contributed by atoms with Crippen LogP contribution in [0.4, 0.5) is 0 Å². The fourth-order valence-corrected chi connectivity index (χ4v) is 0.895. The number of carboxylic acid groups (broad SMARTS) is 1. The molecule has 0 spiro atoms. The largest absolute Gasteiger partial charge is 0.480 e. The van der Waals surface area contributed by atoms with E-state index in [2.05, 4.69) is 5.32 Å². The number of aliphatic hydroxyl groups excluding tert-OH is 1. The molecule has 0 aromatic heterocycles. The summed E-state index contributed by atoms with van der Waals surface area (Å²) in [5, 5.41) is 25.0. The van der Waals surface area contributed by atoms with Crippen LogP contribution in [0, 0.1) is 11.5 Å². The number of hydrogen-bond acceptors (Lipinski definition) is 4. The first kappa shape index (κ1) is 9.72. The lowest BCUT2D eigenvalue weighted by atomic mass is 10.2. The Morgan fingerprint density at radius 2 is 2.27 bits per heavy atom. The molecule has 1 aliphatic rings. The van der Waals surface area contributed by atoms with Crippen molar-refractivity contribution in [1.29, 1.82) is 5.26 Å². The van der Waals surface area contributed by atoms with Gasteiger partial charge in [0.15, 0.2) is 0 Å². The average Bonchev–Trinajstić information content (AvgIpc) is 2.38. The van der Waals surface area contributed by atoms with Crippen LogP contribution in [0.15, 0.2) is 0 Å². The molecule has 0 aromatic rings. The summed E-state index contributed by atoms with van der Waals surface area (Å²) in [6.45, 7) is 0.858. The zero-order chi connectivity index (χ0) is 8.69. The molecule has 0 aliphatic carbocycles. The van der Waals surface area contributed by atoms with Gasteiger partial charge in [-0.15, -0.1) is 0 Å². The predicted octanol–water partition coefficient (Wildman–Crippen LogP) is -0.337. The molecule has 1 aliphatic heterocycles. The molecule has 1 atom stereocenters. The Kier molecular flexibility index (Phi) is 4.86. The third-order valence-electron chi connectivity index (χ3n) is 1.36. The van der Waals surface area contributed by atoms with Crippen molar-refractivity contribution in [2.24, 2.45) is 0 Å². The van der Waals surface area contributed by atoms with Crippen molar-refractivity contribution in [2.45, 2.75) is 18.9 Å². The molecule has 1 heterocycles. The van der Waals surface area contributed by atoms with E-state index >= 15 is 0 Å². The van der Waals surface area contributed by atoms with Gasteiger partial charge in [-0.3, -0.25) is 4.79 Å². The second-order valence-electron chi connectivity index (χ2n) is 2.09. The highest BCUT2D eigenvalue weighted by molar-refractivity contribution is 5.73. The summed E-state index contributed by atoms with van der Waals surface area (Å²) in [5.41, 5.74) is 0. The minimum Gasteiger partial charge on any atom is -0.480 e. The molecule has 0 unspecified atom stereocenters. The normalized spacial score (nSPS) is 21.2. The van der Waals surface area contributed by atoms with Gasteiger partial charge in [-0.2, -0.15) is 5.26 Å². The second-order valence-corrected chi connectivity index (χ2v) is 2.09. The maximum absolute atomic E-state index is 10.1. The average molecular weight is 158 g/mol. The van der Waals surface area contributed by atoms with Crippen molar-refractivity contribution in [2.75, 3.05) is 6.54 Å². The Hall–Kier alpha value is -1.28. The zero-order valence-corrected chi connectivity index (χ0v) is 5.95. The van der Waals surface area contributed by atoms with Crippen LogP contribution < -0.4 is 5.32 Å². The molecule has 3 N–H and O–H groups in total. The Morgan fingerprint density at radius 3 is 2.45 bits per heavy atom. The number of hydrogen-bond donors (Lipinski definition) is 3. The summed E-state index contributed by atoms with van der Waals surface area (Å²) >= 11 is 0. The van der Waals surface area contributed by atoms with Crippen molar-refractivity contribution in [3.8, 4) is 6.26 Å². The van der Waals surface area contributed by atoms with E-state index < -0.39 is 5.97 Å². The number of aliphatic carboxylic acids is 1. The van der Waals surface area contributed by atoms with Gasteiger partial charge in [0.1, 0.15) is 6.04 Å². The molecule has 62 valence electrons. The highest BCUT2D eigenvalue weighted by Gasteiger charge is 2.20. The van der Waals surface area contributed by atoms with Gasteiger partial charge in [-0.1, -0.05) is 0 Å². The lowest BCUT2D eigenvalue weighted by molar-refractivity contribution is -0.139. The van der Waals surface area contributed by atoms with Crippen molar-refractivity contribution in [3.63, 3.8) is 0 Å². The van der Waals surface area contributed by atoms with Crippen LogP contribution in [0.2, 0.25) is 0 Å². The third-order valence-corrected chi connectivity index (χ3v) is 1.36. The topological polar surface area (TPSA) is 93.3 Å². The summed E-state index contributed by atoms with van der Waals surface area (Å²) < 4.78 is 0. The zero-order valence-electron chi connectivity index (χ0n) is 5.95. The summed E-state index contributed by atoms with van der Waals surface area (Å²) in [7, 11) is 0. The van der Waals surface area contributed by atoms with Crippen LogP contribution in [0.25, 0.3) is 0 Å². The number of rotatable bonds is 1. The van der Waals surface area contributed by atoms with Crippen LogP contribution >= 0.6 is 0 Å². The molecule has 0 aromatic carbocycles. The summed E-state index contributed by atoms with van der Waals surface area (Å²) in [6.07, 6.45) is 2.53. The molecule has 1 fully saturated rings. The molecule has 0 radical (unpaired) electrons. The van der Waals surface area contributed by atoms with Crippen molar-refractivity contribution < 1.29 is 15.0 Å². The predicted molar refractivity (Wildman–Crippen MR) is 36.2 cm³/mol. The highest BCUT2D eigenvalue weighted by atomic mass is 16.4. The number of aliphatic hydroxyl groups is 1. The quantitative estimate of drug-likeness (QED) is 0.454. The van der Waals surface area contributed by atoms with Gasteiger partial charge in [0.25, 0.3) is 6.26 Å². The van der Waals surface area contributed by atoms with E-state index in [1.54, 1.807) is 0 Å². The lowest BCUT2D eigenvalue weighted by Crippen LogP contribution is -2.29. The first-order valence-corrected chi connectivity index (χ1v) is 3.21. The molecule has 1 rings (SSSR count). The van der Waals surface area contributed by atoms with Gasteiger partial charge >= 0.3 is 5.97 Å². The van der Waals surface area contributed by atoms with Crippen molar-refractivity contribution in [3.05, 3.63) is 0 Å². The first-order valence-electron chi connectivity index (χ1n) is 3.21. The van der Waals surface area contributed by atoms with Crippen LogP contribution in [0.5, 0.6) is 0 Å². The molecule has 5 nitrogen and oxygen atoms in total. The van der Waals surface area contributed by atoms with Gasteiger partial charge in [-0.05, 0) is 19.4 Å². The highest BCUT2D eigenvalue weighted by Crippen LogP contribution is 2.03. The van der Waals surface area contributed by atoms with Crippen LogP contribution in [-0.4, -0.2) is 28.8 Å². The van der Waals surface area contributed by atoms with Crippen LogP contribution in [0.3, 0.4) is 0 Å². The Bertz CT molecular complexity index is 158. The van der Waals surface area contributed by atoms with Gasteiger partial charge in [0, 0.05) is 0 Å². The summed E-state index contributed by atoms with van der Waals surface area (Å²) in [5.74, 6) is -0.720. The molecule has 0 amide bonds. The maximum atomic E-state index is 10.1. The second kappa shape index (κ2) is 5.50. The maximum Gasteiger partial charge on any atom is 0.320 e. The molecule has 0 saturated carbocycles. The van der Waals surface area contributed by atoms with Crippen molar-refractivity contribution in [1.82, 2.24) is 5.32 Å². The van der Waals surface area contributed by atoms with E-state index in [9.17, 15) is 4.79 Å². The van der Waals surface area contributed by atoms with E-state index in [0.29, 0.717) is 0 Å². The van der Waals surface area contributed by atoms with E-state index in [4.69, 9.17) is 15.5 Å². The van der Waals surface area contributed by atoms with E-state index in [-0.39, 0.29) is 6.04 Å². The van der Waals surface area contributed by atoms with Crippen LogP contribution in [0.1, 0.15) is 12.8 Å². The number of carboxylic acids is 1. The summed E-state index contributed by atoms with van der Waals surface area (Å²) in [6, 6.07) is -0.269. The SMILES string of the molecule is N#CO.O=C(O)[C@@H]1CCCN1. The van der Waals surface area contributed by atoms with Crippen molar-refractivity contribution >= 4 is 5.97 Å². The van der Waals surface area contributed by atoms with E-state index in [0.717, 1.165) is 25.6 Å². The van der Waals surface area contributed by atoms with Crippen LogP contribution in [-0.2, 0) is 4.79 Å². The van der Waals surface area contributed by atoms with Gasteiger partial charge < -0.3 is 15.5 Å². The van der Waals surface area contributed by atoms with Gasteiger partial charge in [0.05, 0.1) is 0 Å². The molecular weight excluding hydrogens is 148 g/mol. The molecule has 11 heavy (non-hydrogen) atoms. The summed E-state index contributed by atoms with van der Waals surface area (Å²) in [4.78, 5) is 10.1. The molecule has 5 heteroatoms. The number of nitriles is 1. The Balaban J connectivity index is 0.000000292. The molecular formula is C6H10N2O3. The molecule has 1 saturated heterocycles. The number of nitrogens with one attached hydrogen (secondary N) is 1. The fourth-order valence-electron chi connectivity index (χ4n) is 0.895. The fraction of sp³-hybridized carbons (Fsp3) is 0.667. The van der Waals surface area contributed by atoms with E-state index in [1.807, 2.05) is 0 Å². The first-order chi connectivity index (χ1) is 5.22. The monoisotopic (exact) mass is 158 g/mol.